The Hall–Kier alpha value is -2.37. The standard InChI is InChI=1S/C10H10N4O2/c1-6-4-7(2-3-8(6)15)13-10(16)9-11-5-12-14-9/h2-5,15H,1H3,(H,13,16)(H,11,12,14). The lowest BCUT2D eigenvalue weighted by Gasteiger charge is -2.04. The number of carbonyl (C=O) groups excluding carboxylic acids is 1. The third kappa shape index (κ3) is 2.00. The third-order valence-electron chi connectivity index (χ3n) is 2.08. The highest BCUT2D eigenvalue weighted by Gasteiger charge is 2.09. The summed E-state index contributed by atoms with van der Waals surface area (Å²) in [6.07, 6.45) is 1.26. The van der Waals surface area contributed by atoms with E-state index >= 15 is 0 Å². The van der Waals surface area contributed by atoms with E-state index in [-0.39, 0.29) is 17.5 Å². The number of anilines is 1. The van der Waals surface area contributed by atoms with Crippen LogP contribution in [0.3, 0.4) is 0 Å². The Kier molecular flexibility index (Phi) is 2.55. The fraction of sp³-hybridized carbons (Fsp3) is 0.100. The minimum absolute atomic E-state index is 0.144. The lowest BCUT2D eigenvalue weighted by Crippen LogP contribution is -2.13. The molecular formula is C10H10N4O2. The van der Waals surface area contributed by atoms with Crippen molar-refractivity contribution >= 4 is 11.6 Å². The average Bonchev–Trinajstić information content (AvgIpc) is 2.77. The lowest BCUT2D eigenvalue weighted by atomic mass is 10.2. The van der Waals surface area contributed by atoms with Gasteiger partial charge in [0.1, 0.15) is 12.1 Å². The second-order valence-electron chi connectivity index (χ2n) is 3.29. The molecule has 3 N–H and O–H groups in total. The summed E-state index contributed by atoms with van der Waals surface area (Å²) < 4.78 is 0. The first-order chi connectivity index (χ1) is 7.66. The van der Waals surface area contributed by atoms with E-state index in [2.05, 4.69) is 20.5 Å². The van der Waals surface area contributed by atoms with Gasteiger partial charge in [0, 0.05) is 5.69 Å². The van der Waals surface area contributed by atoms with E-state index < -0.39 is 0 Å². The Morgan fingerprint density at radius 2 is 2.31 bits per heavy atom. The number of aromatic hydroxyl groups is 1. The first kappa shape index (κ1) is 10.2. The maximum atomic E-state index is 11.6. The summed E-state index contributed by atoms with van der Waals surface area (Å²) in [6.45, 7) is 1.75. The number of benzene rings is 1. The van der Waals surface area contributed by atoms with Crippen LogP contribution in [0.15, 0.2) is 24.5 Å². The van der Waals surface area contributed by atoms with Crippen LogP contribution in [0, 0.1) is 6.92 Å². The summed E-state index contributed by atoms with van der Waals surface area (Å²) in [5.74, 6) is -0.0361. The fourth-order valence-corrected chi connectivity index (χ4v) is 1.24. The van der Waals surface area contributed by atoms with E-state index in [0.717, 1.165) is 0 Å². The van der Waals surface area contributed by atoms with Gasteiger partial charge in [-0.3, -0.25) is 9.89 Å². The molecule has 0 unspecified atom stereocenters. The predicted molar refractivity (Wildman–Crippen MR) is 57.2 cm³/mol. The molecule has 1 heterocycles. The molecule has 0 saturated carbocycles. The van der Waals surface area contributed by atoms with Gasteiger partial charge in [-0.2, -0.15) is 5.10 Å². The van der Waals surface area contributed by atoms with E-state index in [4.69, 9.17) is 0 Å². The van der Waals surface area contributed by atoms with Crippen molar-refractivity contribution < 1.29 is 9.90 Å². The van der Waals surface area contributed by atoms with Gasteiger partial charge in [0.05, 0.1) is 0 Å². The van der Waals surface area contributed by atoms with E-state index in [1.807, 2.05) is 0 Å². The molecule has 0 bridgehead atoms. The van der Waals surface area contributed by atoms with Crippen molar-refractivity contribution in [3.8, 4) is 5.75 Å². The minimum atomic E-state index is -0.373. The summed E-state index contributed by atoms with van der Waals surface area (Å²) in [5.41, 5.74) is 1.28. The van der Waals surface area contributed by atoms with Gasteiger partial charge in [0.15, 0.2) is 0 Å². The Morgan fingerprint density at radius 1 is 1.50 bits per heavy atom. The quantitative estimate of drug-likeness (QED) is 0.657. The third-order valence-corrected chi connectivity index (χ3v) is 2.08. The van der Waals surface area contributed by atoms with Gasteiger partial charge in [0.2, 0.25) is 5.82 Å². The number of H-pyrrole nitrogens is 1. The zero-order chi connectivity index (χ0) is 11.5. The number of carbonyl (C=O) groups is 1. The average molecular weight is 218 g/mol. The topological polar surface area (TPSA) is 90.9 Å². The number of aromatic nitrogens is 3. The molecule has 0 aliphatic heterocycles. The van der Waals surface area contributed by atoms with Gasteiger partial charge in [0.25, 0.3) is 5.91 Å². The normalized spacial score (nSPS) is 10.1. The van der Waals surface area contributed by atoms with Crippen LogP contribution in [0.2, 0.25) is 0 Å². The number of phenols is 1. The maximum absolute atomic E-state index is 11.6. The molecule has 0 atom stereocenters. The van der Waals surface area contributed by atoms with Crippen molar-refractivity contribution in [1.29, 1.82) is 0 Å². The van der Waals surface area contributed by atoms with Crippen molar-refractivity contribution in [3.05, 3.63) is 35.9 Å². The maximum Gasteiger partial charge on any atom is 0.292 e. The highest BCUT2D eigenvalue weighted by Crippen LogP contribution is 2.20. The van der Waals surface area contributed by atoms with Gasteiger partial charge in [-0.15, -0.1) is 0 Å². The van der Waals surface area contributed by atoms with Crippen molar-refractivity contribution in [2.24, 2.45) is 0 Å². The molecule has 0 radical (unpaired) electrons. The highest BCUT2D eigenvalue weighted by molar-refractivity contribution is 6.01. The van der Waals surface area contributed by atoms with Crippen LogP contribution in [0.25, 0.3) is 0 Å². The van der Waals surface area contributed by atoms with Gasteiger partial charge in [-0.1, -0.05) is 0 Å². The molecule has 0 spiro atoms. The summed E-state index contributed by atoms with van der Waals surface area (Å²) in [5, 5.41) is 18.0. The van der Waals surface area contributed by atoms with Crippen LogP contribution in [0.1, 0.15) is 16.2 Å². The Morgan fingerprint density at radius 3 is 2.94 bits per heavy atom. The molecule has 2 rings (SSSR count). The smallest absolute Gasteiger partial charge is 0.292 e. The van der Waals surface area contributed by atoms with E-state index in [0.29, 0.717) is 11.3 Å². The second-order valence-corrected chi connectivity index (χ2v) is 3.29. The zero-order valence-corrected chi connectivity index (χ0v) is 8.56. The Labute approximate surface area is 91.3 Å². The van der Waals surface area contributed by atoms with Gasteiger partial charge < -0.3 is 10.4 Å². The number of amides is 1. The SMILES string of the molecule is Cc1cc(NC(=O)c2ncn[nH]2)ccc1O. The van der Waals surface area contributed by atoms with E-state index in [1.54, 1.807) is 19.1 Å². The highest BCUT2D eigenvalue weighted by atomic mass is 16.3. The molecule has 6 nitrogen and oxygen atoms in total. The Balaban J connectivity index is 2.15. The number of aryl methyl sites for hydroxylation is 1. The molecular weight excluding hydrogens is 208 g/mol. The number of hydrogen-bond donors (Lipinski definition) is 3. The molecule has 82 valence electrons. The van der Waals surface area contributed by atoms with Crippen LogP contribution in [-0.2, 0) is 0 Å². The minimum Gasteiger partial charge on any atom is -0.508 e. The molecule has 16 heavy (non-hydrogen) atoms. The fourth-order valence-electron chi connectivity index (χ4n) is 1.24. The summed E-state index contributed by atoms with van der Waals surface area (Å²) in [6, 6.07) is 4.80. The van der Waals surface area contributed by atoms with Crippen molar-refractivity contribution in [1.82, 2.24) is 15.2 Å². The number of aromatic amines is 1. The van der Waals surface area contributed by atoms with Crippen LogP contribution < -0.4 is 5.32 Å². The molecule has 0 aliphatic rings. The molecule has 6 heteroatoms. The first-order valence-electron chi connectivity index (χ1n) is 4.63. The molecule has 0 fully saturated rings. The number of rotatable bonds is 2. The molecule has 1 aromatic carbocycles. The van der Waals surface area contributed by atoms with Crippen molar-refractivity contribution in [2.75, 3.05) is 5.32 Å². The summed E-state index contributed by atoms with van der Waals surface area (Å²) in [7, 11) is 0. The second kappa shape index (κ2) is 4.01. The number of hydrogen-bond acceptors (Lipinski definition) is 4. The van der Waals surface area contributed by atoms with Crippen molar-refractivity contribution in [3.63, 3.8) is 0 Å². The molecule has 1 aromatic heterocycles. The summed E-state index contributed by atoms with van der Waals surface area (Å²) in [4.78, 5) is 15.3. The lowest BCUT2D eigenvalue weighted by molar-refractivity contribution is 0.101. The number of phenolic OH excluding ortho intramolecular Hbond substituents is 1. The number of nitrogens with zero attached hydrogens (tertiary/aromatic N) is 2. The molecule has 0 saturated heterocycles. The van der Waals surface area contributed by atoms with Crippen LogP contribution in [-0.4, -0.2) is 26.2 Å². The zero-order valence-electron chi connectivity index (χ0n) is 8.56. The summed E-state index contributed by atoms with van der Waals surface area (Å²) >= 11 is 0. The Bertz CT molecular complexity index is 508. The van der Waals surface area contributed by atoms with Gasteiger partial charge in [-0.25, -0.2) is 4.98 Å². The van der Waals surface area contributed by atoms with Gasteiger partial charge in [-0.05, 0) is 30.7 Å². The van der Waals surface area contributed by atoms with Crippen molar-refractivity contribution in [2.45, 2.75) is 6.92 Å². The monoisotopic (exact) mass is 218 g/mol. The van der Waals surface area contributed by atoms with Crippen LogP contribution in [0.5, 0.6) is 5.75 Å². The van der Waals surface area contributed by atoms with Crippen LogP contribution in [0.4, 0.5) is 5.69 Å². The first-order valence-corrected chi connectivity index (χ1v) is 4.63. The predicted octanol–water partition coefficient (Wildman–Crippen LogP) is 1.07. The molecule has 2 aromatic rings. The van der Waals surface area contributed by atoms with Crippen LogP contribution >= 0.6 is 0 Å². The molecule has 1 amide bonds. The van der Waals surface area contributed by atoms with Gasteiger partial charge >= 0.3 is 0 Å². The largest absolute Gasteiger partial charge is 0.508 e. The van der Waals surface area contributed by atoms with E-state index in [9.17, 15) is 9.90 Å². The molecule has 0 aliphatic carbocycles. The van der Waals surface area contributed by atoms with E-state index in [1.165, 1.54) is 12.4 Å². The number of nitrogens with one attached hydrogen (secondary N) is 2.